The van der Waals surface area contributed by atoms with Gasteiger partial charge >= 0.3 is 0 Å². The largest absolute Gasteiger partial charge is 0.348 e. The van der Waals surface area contributed by atoms with Crippen LogP contribution >= 0.6 is 0 Å². The number of nitrogens with one attached hydrogen (secondary N) is 1. The topological polar surface area (TPSA) is 51.2 Å². The average molecular weight is 420 g/mol. The van der Waals surface area contributed by atoms with E-state index in [1.807, 2.05) is 36.2 Å². The summed E-state index contributed by atoms with van der Waals surface area (Å²) in [5, 5.41) is 9.52. The summed E-state index contributed by atoms with van der Waals surface area (Å²) in [7, 11) is 0. The summed E-state index contributed by atoms with van der Waals surface area (Å²) in [5.74, 6) is -0.0504. The summed E-state index contributed by atoms with van der Waals surface area (Å²) in [6.07, 6.45) is 0.997. The number of likely N-dealkylation sites (N-methyl/N-ethyl adjacent to an activating group) is 1. The lowest BCUT2D eigenvalue weighted by Gasteiger charge is -2.34. The van der Waals surface area contributed by atoms with Crippen molar-refractivity contribution in [1.29, 1.82) is 0 Å². The number of benzene rings is 2. The molecule has 2 heterocycles. The van der Waals surface area contributed by atoms with Crippen LogP contribution in [0.5, 0.6) is 0 Å². The van der Waals surface area contributed by atoms with E-state index < -0.39 is 0 Å². The second-order valence-corrected chi connectivity index (χ2v) is 8.46. The summed E-state index contributed by atoms with van der Waals surface area (Å²) < 4.78 is 0. The molecule has 2 aliphatic heterocycles. The molecule has 0 saturated carbocycles. The van der Waals surface area contributed by atoms with Crippen molar-refractivity contribution in [2.24, 2.45) is 5.10 Å². The first-order valence-electron chi connectivity index (χ1n) is 11.3. The Labute approximate surface area is 185 Å². The molecule has 6 nitrogen and oxygen atoms in total. The summed E-state index contributed by atoms with van der Waals surface area (Å²) in [6.45, 7) is 12.4. The molecule has 2 aliphatic rings. The monoisotopic (exact) mass is 419 g/mol. The molecule has 0 radical (unpaired) electrons. The van der Waals surface area contributed by atoms with Crippen LogP contribution in [0.4, 0.5) is 5.69 Å². The van der Waals surface area contributed by atoms with Crippen molar-refractivity contribution in [2.75, 3.05) is 44.3 Å². The van der Waals surface area contributed by atoms with Gasteiger partial charge in [0.1, 0.15) is 0 Å². The standard InChI is InChI=1S/C25H33N5O/c1-3-28-14-16-29(17-15-28)19-22-6-4-21(5-7-22)18-26-25(31)23-8-10-24(11-9-23)30-13-12-20(2)27-30/h4-11H,3,12-19H2,1-2H3,(H,26,31). The molecular formula is C25H33N5O. The van der Waals surface area contributed by atoms with E-state index in [-0.39, 0.29) is 5.91 Å². The Morgan fingerprint density at radius 1 is 0.903 bits per heavy atom. The number of carbonyl (C=O) groups is 1. The number of rotatable bonds is 7. The number of anilines is 1. The molecule has 0 spiro atoms. The van der Waals surface area contributed by atoms with Gasteiger partial charge in [0.15, 0.2) is 0 Å². The van der Waals surface area contributed by atoms with Crippen molar-refractivity contribution < 1.29 is 4.79 Å². The third-order valence-electron chi connectivity index (χ3n) is 6.20. The Kier molecular flexibility index (Phi) is 6.99. The van der Waals surface area contributed by atoms with Crippen LogP contribution in [0.15, 0.2) is 53.6 Å². The molecule has 6 heteroatoms. The predicted octanol–water partition coefficient (Wildman–Crippen LogP) is 3.34. The van der Waals surface area contributed by atoms with Crippen molar-refractivity contribution in [3.05, 3.63) is 65.2 Å². The number of hydrogen-bond donors (Lipinski definition) is 1. The molecular weight excluding hydrogens is 386 g/mol. The lowest BCUT2D eigenvalue weighted by molar-refractivity contribution is 0.0951. The maximum atomic E-state index is 12.5. The molecule has 4 rings (SSSR count). The quantitative estimate of drug-likeness (QED) is 0.748. The molecule has 31 heavy (non-hydrogen) atoms. The van der Waals surface area contributed by atoms with Gasteiger partial charge in [-0.15, -0.1) is 0 Å². The van der Waals surface area contributed by atoms with E-state index in [9.17, 15) is 4.79 Å². The molecule has 1 fully saturated rings. The van der Waals surface area contributed by atoms with Gasteiger partial charge in [0.2, 0.25) is 0 Å². The Morgan fingerprint density at radius 2 is 1.55 bits per heavy atom. The maximum absolute atomic E-state index is 12.5. The smallest absolute Gasteiger partial charge is 0.251 e. The Bertz CT molecular complexity index is 899. The molecule has 0 aliphatic carbocycles. The Balaban J connectivity index is 1.25. The minimum absolute atomic E-state index is 0.0504. The molecule has 164 valence electrons. The van der Waals surface area contributed by atoms with Gasteiger partial charge in [-0.1, -0.05) is 31.2 Å². The van der Waals surface area contributed by atoms with Crippen LogP contribution in [0.2, 0.25) is 0 Å². The van der Waals surface area contributed by atoms with Gasteiger partial charge in [-0.25, -0.2) is 0 Å². The van der Waals surface area contributed by atoms with Crippen molar-refractivity contribution in [2.45, 2.75) is 33.4 Å². The second kappa shape index (κ2) is 10.1. The average Bonchev–Trinajstić information content (AvgIpc) is 3.25. The van der Waals surface area contributed by atoms with Crippen LogP contribution in [0.1, 0.15) is 41.8 Å². The van der Waals surface area contributed by atoms with Crippen LogP contribution < -0.4 is 10.3 Å². The molecule has 1 amide bonds. The van der Waals surface area contributed by atoms with E-state index in [0.717, 1.165) is 69.2 Å². The van der Waals surface area contributed by atoms with Gasteiger partial charge in [0.05, 0.1) is 5.69 Å². The van der Waals surface area contributed by atoms with E-state index in [4.69, 9.17) is 0 Å². The van der Waals surface area contributed by atoms with Crippen LogP contribution in [-0.2, 0) is 13.1 Å². The molecule has 1 N–H and O–H groups in total. The van der Waals surface area contributed by atoms with Crippen molar-refractivity contribution in [1.82, 2.24) is 15.1 Å². The highest BCUT2D eigenvalue weighted by atomic mass is 16.1. The van der Waals surface area contributed by atoms with Gasteiger partial charge in [0.25, 0.3) is 5.91 Å². The molecule has 0 bridgehead atoms. The highest BCUT2D eigenvalue weighted by Crippen LogP contribution is 2.20. The van der Waals surface area contributed by atoms with Gasteiger partial charge in [-0.05, 0) is 48.9 Å². The van der Waals surface area contributed by atoms with E-state index in [2.05, 4.69) is 51.4 Å². The van der Waals surface area contributed by atoms with E-state index in [0.29, 0.717) is 12.1 Å². The number of amides is 1. The summed E-state index contributed by atoms with van der Waals surface area (Å²) >= 11 is 0. The molecule has 0 aromatic heterocycles. The number of nitrogens with zero attached hydrogens (tertiary/aromatic N) is 4. The SMILES string of the molecule is CCN1CCN(Cc2ccc(CNC(=O)c3ccc(N4CCC(C)=N4)cc3)cc2)CC1. The Morgan fingerprint density at radius 3 is 2.16 bits per heavy atom. The second-order valence-electron chi connectivity index (χ2n) is 8.46. The predicted molar refractivity (Wildman–Crippen MR) is 127 cm³/mol. The first-order valence-corrected chi connectivity index (χ1v) is 11.3. The molecule has 2 aromatic carbocycles. The molecule has 2 aromatic rings. The molecule has 0 unspecified atom stereocenters. The van der Waals surface area contributed by atoms with Crippen LogP contribution in [-0.4, -0.2) is 60.7 Å². The Hall–Kier alpha value is -2.70. The first-order chi connectivity index (χ1) is 15.1. The summed E-state index contributed by atoms with van der Waals surface area (Å²) in [6, 6.07) is 16.3. The highest BCUT2D eigenvalue weighted by Gasteiger charge is 2.16. The van der Waals surface area contributed by atoms with Crippen LogP contribution in [0.3, 0.4) is 0 Å². The van der Waals surface area contributed by atoms with Crippen LogP contribution in [0.25, 0.3) is 0 Å². The van der Waals surface area contributed by atoms with E-state index in [1.54, 1.807) is 0 Å². The third kappa shape index (κ3) is 5.71. The zero-order valence-corrected chi connectivity index (χ0v) is 18.7. The number of piperazine rings is 1. The van der Waals surface area contributed by atoms with Gasteiger partial charge in [0, 0.05) is 63.5 Å². The third-order valence-corrected chi connectivity index (χ3v) is 6.20. The summed E-state index contributed by atoms with van der Waals surface area (Å²) in [4.78, 5) is 17.5. The number of carbonyl (C=O) groups excluding carboxylic acids is 1. The van der Waals surface area contributed by atoms with Crippen molar-refractivity contribution in [3.8, 4) is 0 Å². The van der Waals surface area contributed by atoms with Gasteiger partial charge in [-0.2, -0.15) is 5.10 Å². The van der Waals surface area contributed by atoms with Crippen molar-refractivity contribution in [3.63, 3.8) is 0 Å². The fourth-order valence-corrected chi connectivity index (χ4v) is 4.11. The van der Waals surface area contributed by atoms with Gasteiger partial charge in [-0.3, -0.25) is 14.7 Å². The summed E-state index contributed by atoms with van der Waals surface area (Å²) in [5.41, 5.74) is 5.29. The highest BCUT2D eigenvalue weighted by molar-refractivity contribution is 5.94. The molecule has 0 atom stereocenters. The van der Waals surface area contributed by atoms with Crippen molar-refractivity contribution >= 4 is 17.3 Å². The van der Waals surface area contributed by atoms with Crippen LogP contribution in [0, 0.1) is 0 Å². The van der Waals surface area contributed by atoms with Gasteiger partial charge < -0.3 is 10.2 Å². The minimum atomic E-state index is -0.0504. The first kappa shape index (κ1) is 21.5. The lowest BCUT2D eigenvalue weighted by Crippen LogP contribution is -2.45. The zero-order chi connectivity index (χ0) is 21.6. The number of hydrazone groups is 1. The zero-order valence-electron chi connectivity index (χ0n) is 18.7. The van der Waals surface area contributed by atoms with E-state index >= 15 is 0 Å². The normalized spacial score (nSPS) is 17.6. The maximum Gasteiger partial charge on any atom is 0.251 e. The van der Waals surface area contributed by atoms with E-state index in [1.165, 1.54) is 5.56 Å². The molecule has 1 saturated heterocycles. The minimum Gasteiger partial charge on any atom is -0.348 e. The number of hydrogen-bond acceptors (Lipinski definition) is 5. The lowest BCUT2D eigenvalue weighted by atomic mass is 10.1. The fourth-order valence-electron chi connectivity index (χ4n) is 4.11. The fraction of sp³-hybridized carbons (Fsp3) is 0.440.